The van der Waals surface area contributed by atoms with Gasteiger partial charge in [0, 0.05) is 12.1 Å². The van der Waals surface area contributed by atoms with Crippen molar-refractivity contribution < 1.29 is 19.1 Å². The molecule has 0 saturated heterocycles. The second-order valence-electron chi connectivity index (χ2n) is 9.64. The van der Waals surface area contributed by atoms with Crippen LogP contribution in [0, 0.1) is 0 Å². The normalized spacial score (nSPS) is 15.8. The van der Waals surface area contributed by atoms with Crippen LogP contribution < -0.4 is 10.6 Å². The average Bonchev–Trinajstić information content (AvgIpc) is 2.63. The first-order valence-electron chi connectivity index (χ1n) is 11.3. The molecule has 7 nitrogen and oxygen atoms in total. The first-order valence-corrected chi connectivity index (χ1v) is 11.3. The second kappa shape index (κ2) is 10.7. The predicted molar refractivity (Wildman–Crippen MR) is 126 cm³/mol. The summed E-state index contributed by atoms with van der Waals surface area (Å²) >= 11 is 0. The number of nitrogens with one attached hydrogen (secondary N) is 2. The maximum absolute atomic E-state index is 13.6. The van der Waals surface area contributed by atoms with Crippen molar-refractivity contribution in [3.63, 3.8) is 0 Å². The smallest absolute Gasteiger partial charge is 0.408 e. The van der Waals surface area contributed by atoms with Gasteiger partial charge >= 0.3 is 6.09 Å². The molecule has 32 heavy (non-hydrogen) atoms. The molecule has 7 heteroatoms. The molecule has 1 fully saturated rings. The maximum Gasteiger partial charge on any atom is 0.408 e. The maximum atomic E-state index is 13.6. The summed E-state index contributed by atoms with van der Waals surface area (Å²) in [6, 6.07) is 5.68. The fourth-order valence-electron chi connectivity index (χ4n) is 3.61. The molecule has 2 atom stereocenters. The lowest BCUT2D eigenvalue weighted by Crippen LogP contribution is -2.57. The molecule has 0 bridgehead atoms. The Kier molecular flexibility index (Phi) is 8.47. The van der Waals surface area contributed by atoms with E-state index in [1.807, 2.05) is 38.1 Å². The van der Waals surface area contributed by atoms with Gasteiger partial charge in [-0.25, -0.2) is 4.79 Å². The van der Waals surface area contributed by atoms with E-state index in [0.717, 1.165) is 24.8 Å². The highest BCUT2D eigenvalue weighted by Gasteiger charge is 2.41. The van der Waals surface area contributed by atoms with Gasteiger partial charge < -0.3 is 20.3 Å². The van der Waals surface area contributed by atoms with E-state index in [9.17, 15) is 14.4 Å². The molecule has 2 unspecified atom stereocenters. The predicted octanol–water partition coefficient (Wildman–Crippen LogP) is 4.19. The Morgan fingerprint density at radius 2 is 1.81 bits per heavy atom. The standard InChI is InChI=1S/C25H37N3O4/c1-8-18-11-9-12-19(15-18)21(22(29)26-16(2)3)28(20-13-10-14-20)23(30)17(4)27-24(31)32-25(5,6)7/h8-9,11-12,15-17,20-21H,1,10,13-14H2,2-7H3,(H,26,29)(H,27,31). The van der Waals surface area contributed by atoms with E-state index >= 15 is 0 Å². The summed E-state index contributed by atoms with van der Waals surface area (Å²) in [5.41, 5.74) is 0.904. The van der Waals surface area contributed by atoms with Crippen LogP contribution in [-0.2, 0) is 14.3 Å². The molecule has 1 aromatic rings. The monoisotopic (exact) mass is 443 g/mol. The van der Waals surface area contributed by atoms with Gasteiger partial charge in [0.25, 0.3) is 0 Å². The molecular weight excluding hydrogens is 406 g/mol. The Bertz CT molecular complexity index is 840. The van der Waals surface area contributed by atoms with Gasteiger partial charge in [-0.1, -0.05) is 30.9 Å². The van der Waals surface area contributed by atoms with E-state index in [0.29, 0.717) is 5.56 Å². The molecule has 1 aliphatic carbocycles. The molecule has 176 valence electrons. The SMILES string of the molecule is C=Cc1cccc(C(C(=O)NC(C)C)N(C(=O)C(C)NC(=O)OC(C)(C)C)C2CCC2)c1. The van der Waals surface area contributed by atoms with Gasteiger partial charge in [0.15, 0.2) is 0 Å². The lowest BCUT2D eigenvalue weighted by atomic mass is 9.88. The van der Waals surface area contributed by atoms with E-state index in [1.54, 1.807) is 38.7 Å². The minimum atomic E-state index is -0.845. The summed E-state index contributed by atoms with van der Waals surface area (Å²) in [6.45, 7) is 14.5. The largest absolute Gasteiger partial charge is 0.444 e. The summed E-state index contributed by atoms with van der Waals surface area (Å²) in [7, 11) is 0. The minimum absolute atomic E-state index is 0.0688. The van der Waals surface area contributed by atoms with Crippen LogP contribution in [0.4, 0.5) is 4.79 Å². The average molecular weight is 444 g/mol. The van der Waals surface area contributed by atoms with E-state index in [1.165, 1.54) is 0 Å². The Morgan fingerprint density at radius 3 is 2.31 bits per heavy atom. The fraction of sp³-hybridized carbons (Fsp3) is 0.560. The van der Waals surface area contributed by atoms with Crippen LogP contribution in [0.25, 0.3) is 6.08 Å². The summed E-state index contributed by atoms with van der Waals surface area (Å²) in [4.78, 5) is 40.8. The summed E-state index contributed by atoms with van der Waals surface area (Å²) in [5.74, 6) is -0.556. The zero-order chi connectivity index (χ0) is 24.1. The molecule has 0 aromatic heterocycles. The highest BCUT2D eigenvalue weighted by atomic mass is 16.6. The van der Waals surface area contributed by atoms with Crippen LogP contribution in [0.15, 0.2) is 30.8 Å². The second-order valence-corrected chi connectivity index (χ2v) is 9.64. The number of hydrogen-bond donors (Lipinski definition) is 2. The Hall–Kier alpha value is -2.83. The van der Waals surface area contributed by atoms with Crippen LogP contribution in [0.1, 0.15) is 78.0 Å². The summed E-state index contributed by atoms with van der Waals surface area (Å²) in [5, 5.41) is 5.59. The van der Waals surface area contributed by atoms with Crippen molar-refractivity contribution in [1.29, 1.82) is 0 Å². The third kappa shape index (κ3) is 6.84. The quantitative estimate of drug-likeness (QED) is 0.631. The van der Waals surface area contributed by atoms with Crippen molar-refractivity contribution >= 4 is 24.0 Å². The molecule has 3 amide bonds. The van der Waals surface area contributed by atoms with Gasteiger partial charge in [-0.2, -0.15) is 0 Å². The van der Waals surface area contributed by atoms with Crippen molar-refractivity contribution in [3.8, 4) is 0 Å². The Balaban J connectivity index is 2.39. The van der Waals surface area contributed by atoms with Gasteiger partial charge in [0.1, 0.15) is 17.7 Å². The van der Waals surface area contributed by atoms with Crippen LogP contribution in [0.3, 0.4) is 0 Å². The molecule has 2 rings (SSSR count). The lowest BCUT2D eigenvalue weighted by molar-refractivity contribution is -0.147. The molecule has 0 spiro atoms. The Labute approximate surface area is 191 Å². The van der Waals surface area contributed by atoms with Gasteiger partial charge in [-0.15, -0.1) is 0 Å². The van der Waals surface area contributed by atoms with Crippen molar-refractivity contribution in [2.75, 3.05) is 0 Å². The highest BCUT2D eigenvalue weighted by Crippen LogP contribution is 2.34. The number of carbonyl (C=O) groups excluding carboxylic acids is 3. The molecule has 1 aliphatic rings. The Morgan fingerprint density at radius 1 is 1.16 bits per heavy atom. The number of nitrogens with zero attached hydrogens (tertiary/aromatic N) is 1. The topological polar surface area (TPSA) is 87.7 Å². The zero-order valence-corrected chi connectivity index (χ0v) is 20.1. The number of amides is 3. The number of benzene rings is 1. The molecule has 0 aliphatic heterocycles. The van der Waals surface area contributed by atoms with Crippen LogP contribution in [0.5, 0.6) is 0 Å². The highest BCUT2D eigenvalue weighted by molar-refractivity contribution is 5.92. The lowest BCUT2D eigenvalue weighted by Gasteiger charge is -2.43. The van der Waals surface area contributed by atoms with Gasteiger partial charge in [-0.3, -0.25) is 9.59 Å². The summed E-state index contributed by atoms with van der Waals surface area (Å²) in [6.07, 6.45) is 3.68. The van der Waals surface area contributed by atoms with Crippen LogP contribution >= 0.6 is 0 Å². The van der Waals surface area contributed by atoms with Gasteiger partial charge in [-0.05, 0) is 78.0 Å². The third-order valence-corrected chi connectivity index (χ3v) is 5.25. The number of carbonyl (C=O) groups is 3. The number of rotatable bonds is 8. The van der Waals surface area contributed by atoms with Crippen molar-refractivity contribution in [3.05, 3.63) is 42.0 Å². The van der Waals surface area contributed by atoms with Crippen molar-refractivity contribution in [2.24, 2.45) is 0 Å². The number of ether oxygens (including phenoxy) is 1. The number of alkyl carbamates (subject to hydrolysis) is 1. The molecular formula is C25H37N3O4. The van der Waals surface area contributed by atoms with E-state index < -0.39 is 23.8 Å². The zero-order valence-electron chi connectivity index (χ0n) is 20.1. The number of hydrogen-bond acceptors (Lipinski definition) is 4. The minimum Gasteiger partial charge on any atom is -0.444 e. The first kappa shape index (κ1) is 25.4. The summed E-state index contributed by atoms with van der Waals surface area (Å²) < 4.78 is 5.30. The van der Waals surface area contributed by atoms with Crippen LogP contribution in [-0.4, -0.2) is 46.5 Å². The van der Waals surface area contributed by atoms with Gasteiger partial charge in [0.2, 0.25) is 11.8 Å². The van der Waals surface area contributed by atoms with Gasteiger partial charge in [0.05, 0.1) is 0 Å². The van der Waals surface area contributed by atoms with E-state index in [2.05, 4.69) is 17.2 Å². The molecule has 1 saturated carbocycles. The first-order chi connectivity index (χ1) is 14.9. The molecule has 0 radical (unpaired) electrons. The fourth-order valence-corrected chi connectivity index (χ4v) is 3.61. The molecule has 0 heterocycles. The van der Waals surface area contributed by atoms with Crippen molar-refractivity contribution in [1.82, 2.24) is 15.5 Å². The van der Waals surface area contributed by atoms with Crippen LogP contribution in [0.2, 0.25) is 0 Å². The van der Waals surface area contributed by atoms with E-state index in [4.69, 9.17) is 4.74 Å². The molecule has 1 aromatic carbocycles. The van der Waals surface area contributed by atoms with E-state index in [-0.39, 0.29) is 23.9 Å². The van der Waals surface area contributed by atoms with Crippen molar-refractivity contribution in [2.45, 2.75) is 90.6 Å². The molecule has 2 N–H and O–H groups in total. The third-order valence-electron chi connectivity index (χ3n) is 5.25.